The molecule has 0 fully saturated rings. The topological polar surface area (TPSA) is 90.1 Å². The van der Waals surface area contributed by atoms with Crippen LogP contribution in [0.3, 0.4) is 0 Å². The number of fused-ring (bicyclic) bond motifs is 1. The number of anilines is 1. The largest absolute Gasteiger partial charge is 0.325 e. The molecule has 2 amide bonds. The number of aromatic nitrogens is 2. The summed E-state index contributed by atoms with van der Waals surface area (Å²) >= 11 is 0. The number of nitrogens with one attached hydrogen (secondary N) is 3. The SMILES string of the molecule is CCCN(C(=O)c1n[nH]c2c1CNCC2)C(C)C(=O)Nc1ccccc1. The van der Waals surface area contributed by atoms with E-state index in [0.29, 0.717) is 18.8 Å². The van der Waals surface area contributed by atoms with Crippen LogP contribution in [0.1, 0.15) is 42.0 Å². The summed E-state index contributed by atoms with van der Waals surface area (Å²) in [5.74, 6) is -0.413. The zero-order chi connectivity index (χ0) is 18.5. The highest BCUT2D eigenvalue weighted by atomic mass is 16.2. The summed E-state index contributed by atoms with van der Waals surface area (Å²) < 4.78 is 0. The summed E-state index contributed by atoms with van der Waals surface area (Å²) in [5.41, 5.74) is 3.05. The molecule has 3 rings (SSSR count). The number of amides is 2. The van der Waals surface area contributed by atoms with E-state index in [-0.39, 0.29) is 11.8 Å². The standard InChI is InChI=1S/C19H25N5O2/c1-3-11-24(13(2)18(25)21-14-7-5-4-6-8-14)19(26)17-15-12-20-10-9-16(15)22-23-17/h4-8,13,20H,3,9-12H2,1-2H3,(H,21,25)(H,22,23). The van der Waals surface area contributed by atoms with E-state index in [0.717, 1.165) is 36.3 Å². The van der Waals surface area contributed by atoms with Crippen molar-refractivity contribution in [1.82, 2.24) is 20.4 Å². The third kappa shape index (κ3) is 3.77. The van der Waals surface area contributed by atoms with E-state index in [9.17, 15) is 9.59 Å². The molecule has 138 valence electrons. The molecule has 0 spiro atoms. The van der Waals surface area contributed by atoms with Gasteiger partial charge in [0.05, 0.1) is 0 Å². The van der Waals surface area contributed by atoms with Gasteiger partial charge >= 0.3 is 0 Å². The summed E-state index contributed by atoms with van der Waals surface area (Å²) in [5, 5.41) is 13.4. The molecule has 7 heteroatoms. The number of hydrogen-bond acceptors (Lipinski definition) is 4. The van der Waals surface area contributed by atoms with Gasteiger partial charge in [0, 0.05) is 43.0 Å². The number of aromatic amines is 1. The number of nitrogens with zero attached hydrogens (tertiary/aromatic N) is 2. The monoisotopic (exact) mass is 355 g/mol. The average molecular weight is 355 g/mol. The third-order valence-electron chi connectivity index (χ3n) is 4.62. The fraction of sp³-hybridized carbons (Fsp3) is 0.421. The lowest BCUT2D eigenvalue weighted by molar-refractivity contribution is -0.120. The minimum Gasteiger partial charge on any atom is -0.325 e. The van der Waals surface area contributed by atoms with Crippen LogP contribution in [0, 0.1) is 0 Å². The van der Waals surface area contributed by atoms with E-state index in [4.69, 9.17) is 0 Å². The van der Waals surface area contributed by atoms with Gasteiger partial charge in [-0.15, -0.1) is 0 Å². The first-order valence-electron chi connectivity index (χ1n) is 9.05. The second kappa shape index (κ2) is 8.14. The second-order valence-electron chi connectivity index (χ2n) is 6.49. The Morgan fingerprint density at radius 2 is 2.08 bits per heavy atom. The maximum Gasteiger partial charge on any atom is 0.275 e. The van der Waals surface area contributed by atoms with Gasteiger partial charge in [-0.25, -0.2) is 0 Å². The van der Waals surface area contributed by atoms with Crippen LogP contribution in [0.25, 0.3) is 0 Å². The number of rotatable bonds is 6. The van der Waals surface area contributed by atoms with Gasteiger partial charge < -0.3 is 15.5 Å². The first kappa shape index (κ1) is 18.1. The number of H-pyrrole nitrogens is 1. The summed E-state index contributed by atoms with van der Waals surface area (Å²) in [6.07, 6.45) is 1.59. The van der Waals surface area contributed by atoms with Crippen LogP contribution < -0.4 is 10.6 Å². The Balaban J connectivity index is 1.78. The van der Waals surface area contributed by atoms with E-state index in [1.54, 1.807) is 11.8 Å². The van der Waals surface area contributed by atoms with E-state index < -0.39 is 6.04 Å². The van der Waals surface area contributed by atoms with Crippen LogP contribution in [-0.2, 0) is 17.8 Å². The zero-order valence-corrected chi connectivity index (χ0v) is 15.2. The molecule has 1 aliphatic rings. The van der Waals surface area contributed by atoms with Crippen LogP contribution in [0.4, 0.5) is 5.69 Å². The van der Waals surface area contributed by atoms with Gasteiger partial charge in [0.2, 0.25) is 5.91 Å². The van der Waals surface area contributed by atoms with Gasteiger partial charge in [-0.3, -0.25) is 14.7 Å². The smallest absolute Gasteiger partial charge is 0.275 e. The highest BCUT2D eigenvalue weighted by Crippen LogP contribution is 2.19. The van der Waals surface area contributed by atoms with Crippen molar-refractivity contribution in [1.29, 1.82) is 0 Å². The van der Waals surface area contributed by atoms with Crippen LogP contribution >= 0.6 is 0 Å². The lowest BCUT2D eigenvalue weighted by Gasteiger charge is -2.28. The maximum atomic E-state index is 13.1. The van der Waals surface area contributed by atoms with E-state index in [2.05, 4.69) is 20.8 Å². The molecule has 1 atom stereocenters. The molecule has 2 heterocycles. The van der Waals surface area contributed by atoms with Crippen molar-refractivity contribution in [3.63, 3.8) is 0 Å². The quantitative estimate of drug-likeness (QED) is 0.739. The zero-order valence-electron chi connectivity index (χ0n) is 15.2. The molecule has 0 bridgehead atoms. The minimum absolute atomic E-state index is 0.205. The third-order valence-corrected chi connectivity index (χ3v) is 4.62. The van der Waals surface area contributed by atoms with Gasteiger partial charge in [-0.2, -0.15) is 5.10 Å². The molecule has 3 N–H and O–H groups in total. The average Bonchev–Trinajstić information content (AvgIpc) is 3.10. The Labute approximate surface area is 153 Å². The lowest BCUT2D eigenvalue weighted by Crippen LogP contribution is -2.46. The van der Waals surface area contributed by atoms with Gasteiger partial charge in [0.25, 0.3) is 5.91 Å². The Morgan fingerprint density at radius 1 is 1.31 bits per heavy atom. The number of carbonyl (C=O) groups is 2. The Hall–Kier alpha value is -2.67. The van der Waals surface area contributed by atoms with E-state index >= 15 is 0 Å². The van der Waals surface area contributed by atoms with Crippen molar-refractivity contribution < 1.29 is 9.59 Å². The van der Waals surface area contributed by atoms with Crippen LogP contribution in [-0.4, -0.2) is 46.0 Å². The normalized spacial score (nSPS) is 14.4. The van der Waals surface area contributed by atoms with Crippen LogP contribution in [0.15, 0.2) is 30.3 Å². The Bertz CT molecular complexity index is 771. The van der Waals surface area contributed by atoms with Crippen molar-refractivity contribution in [3.05, 3.63) is 47.3 Å². The molecule has 7 nitrogen and oxygen atoms in total. The fourth-order valence-electron chi connectivity index (χ4n) is 3.16. The van der Waals surface area contributed by atoms with E-state index in [1.807, 2.05) is 37.3 Å². The molecular formula is C19H25N5O2. The van der Waals surface area contributed by atoms with Gasteiger partial charge in [0.1, 0.15) is 6.04 Å². The molecule has 1 aromatic heterocycles. The predicted octanol–water partition coefficient (Wildman–Crippen LogP) is 1.93. The summed E-state index contributed by atoms with van der Waals surface area (Å²) in [6, 6.07) is 8.67. The molecule has 0 aliphatic carbocycles. The van der Waals surface area contributed by atoms with Crippen LogP contribution in [0.2, 0.25) is 0 Å². The minimum atomic E-state index is -0.591. The molecule has 0 saturated heterocycles. The molecular weight excluding hydrogens is 330 g/mol. The Kier molecular flexibility index (Phi) is 5.68. The predicted molar refractivity (Wildman–Crippen MR) is 99.9 cm³/mol. The van der Waals surface area contributed by atoms with Crippen molar-refractivity contribution >= 4 is 17.5 Å². The second-order valence-corrected chi connectivity index (χ2v) is 6.49. The number of carbonyl (C=O) groups excluding carboxylic acids is 2. The van der Waals surface area contributed by atoms with Gasteiger partial charge in [0.15, 0.2) is 5.69 Å². The summed E-state index contributed by atoms with van der Waals surface area (Å²) in [4.78, 5) is 27.3. The molecule has 1 aromatic carbocycles. The van der Waals surface area contributed by atoms with Crippen molar-refractivity contribution in [3.8, 4) is 0 Å². The Morgan fingerprint density at radius 3 is 2.81 bits per heavy atom. The highest BCUT2D eigenvalue weighted by Gasteiger charge is 2.30. The summed E-state index contributed by atoms with van der Waals surface area (Å²) in [7, 11) is 0. The molecule has 2 aromatic rings. The number of para-hydroxylation sites is 1. The molecule has 1 aliphatic heterocycles. The van der Waals surface area contributed by atoms with Crippen molar-refractivity contribution in [2.75, 3.05) is 18.4 Å². The lowest BCUT2D eigenvalue weighted by atomic mass is 10.1. The molecule has 0 radical (unpaired) electrons. The first-order valence-corrected chi connectivity index (χ1v) is 9.05. The van der Waals surface area contributed by atoms with Gasteiger partial charge in [-0.1, -0.05) is 25.1 Å². The number of hydrogen-bond donors (Lipinski definition) is 3. The highest BCUT2D eigenvalue weighted by molar-refractivity contribution is 6.00. The first-order chi connectivity index (χ1) is 12.6. The molecule has 0 saturated carbocycles. The van der Waals surface area contributed by atoms with Crippen molar-refractivity contribution in [2.45, 2.75) is 39.3 Å². The summed E-state index contributed by atoms with van der Waals surface area (Å²) in [6.45, 7) is 5.74. The number of benzene rings is 1. The maximum absolute atomic E-state index is 13.1. The van der Waals surface area contributed by atoms with Crippen molar-refractivity contribution in [2.24, 2.45) is 0 Å². The molecule has 1 unspecified atom stereocenters. The van der Waals surface area contributed by atoms with Gasteiger partial charge in [-0.05, 0) is 25.5 Å². The fourth-order valence-corrected chi connectivity index (χ4v) is 3.16. The van der Waals surface area contributed by atoms with Crippen LogP contribution in [0.5, 0.6) is 0 Å². The molecule has 26 heavy (non-hydrogen) atoms. The van der Waals surface area contributed by atoms with E-state index in [1.165, 1.54) is 0 Å².